The Labute approximate surface area is 117 Å². The summed E-state index contributed by atoms with van der Waals surface area (Å²) >= 11 is 0. The van der Waals surface area contributed by atoms with Gasteiger partial charge in [0.2, 0.25) is 10.0 Å². The van der Waals surface area contributed by atoms with Crippen LogP contribution in [0.15, 0.2) is 23.1 Å². The quantitative estimate of drug-likeness (QED) is 0.920. The molecule has 110 valence electrons. The lowest BCUT2D eigenvalue weighted by atomic mass is 10.0. The van der Waals surface area contributed by atoms with Crippen molar-refractivity contribution in [2.75, 3.05) is 13.1 Å². The summed E-state index contributed by atoms with van der Waals surface area (Å²) in [5.41, 5.74) is 0.367. The fraction of sp³-hybridized carbons (Fsp3) is 0.462. The first kappa shape index (κ1) is 14.9. The molecule has 1 N–H and O–H groups in total. The second kappa shape index (κ2) is 5.49. The van der Waals surface area contributed by atoms with Crippen LogP contribution in [0.25, 0.3) is 0 Å². The highest BCUT2D eigenvalue weighted by Crippen LogP contribution is 2.24. The van der Waals surface area contributed by atoms with Crippen molar-refractivity contribution in [2.24, 2.45) is 5.92 Å². The third kappa shape index (κ3) is 2.83. The summed E-state index contributed by atoms with van der Waals surface area (Å²) in [6, 6.07) is 3.73. The summed E-state index contributed by atoms with van der Waals surface area (Å²) in [5.74, 6) is -2.29. The number of benzene rings is 1. The number of carbonyl (C=O) groups is 1. The molecule has 5 nitrogen and oxygen atoms in total. The van der Waals surface area contributed by atoms with Crippen molar-refractivity contribution in [3.63, 3.8) is 0 Å². The van der Waals surface area contributed by atoms with Crippen molar-refractivity contribution in [3.8, 4) is 0 Å². The first-order valence-electron chi connectivity index (χ1n) is 6.31. The van der Waals surface area contributed by atoms with Crippen LogP contribution < -0.4 is 0 Å². The maximum Gasteiger partial charge on any atom is 0.307 e. The van der Waals surface area contributed by atoms with Gasteiger partial charge in [-0.15, -0.1) is 0 Å². The largest absolute Gasteiger partial charge is 0.481 e. The average molecular weight is 301 g/mol. The third-order valence-electron chi connectivity index (χ3n) is 3.51. The molecule has 0 bridgehead atoms. The highest BCUT2D eigenvalue weighted by atomic mass is 32.2. The van der Waals surface area contributed by atoms with Crippen LogP contribution in [0, 0.1) is 18.7 Å². The van der Waals surface area contributed by atoms with Crippen LogP contribution in [0.5, 0.6) is 0 Å². The monoisotopic (exact) mass is 301 g/mol. The number of hydrogen-bond donors (Lipinski definition) is 1. The van der Waals surface area contributed by atoms with Crippen LogP contribution in [-0.2, 0) is 14.8 Å². The van der Waals surface area contributed by atoms with Crippen LogP contribution >= 0.6 is 0 Å². The Morgan fingerprint density at radius 2 is 2.15 bits per heavy atom. The van der Waals surface area contributed by atoms with Crippen molar-refractivity contribution in [1.82, 2.24) is 4.31 Å². The van der Waals surface area contributed by atoms with Gasteiger partial charge in [-0.1, -0.05) is 6.07 Å². The number of hydrogen-bond acceptors (Lipinski definition) is 3. The number of carboxylic acids is 1. The topological polar surface area (TPSA) is 74.7 Å². The van der Waals surface area contributed by atoms with E-state index in [4.69, 9.17) is 5.11 Å². The van der Waals surface area contributed by atoms with Gasteiger partial charge in [0.15, 0.2) is 0 Å². The van der Waals surface area contributed by atoms with Crippen LogP contribution in [0.1, 0.15) is 18.4 Å². The standard InChI is InChI=1S/C13H16FNO4S/c1-9-4-5-11(7-12(9)14)20(18,19)15-6-2-3-10(8-15)13(16)17/h4-5,7,10H,2-3,6,8H2,1H3,(H,16,17). The lowest BCUT2D eigenvalue weighted by Gasteiger charge is -2.29. The molecule has 1 atom stereocenters. The van der Waals surface area contributed by atoms with E-state index in [9.17, 15) is 17.6 Å². The fourth-order valence-corrected chi connectivity index (χ4v) is 3.78. The highest BCUT2D eigenvalue weighted by Gasteiger charge is 2.33. The van der Waals surface area contributed by atoms with Gasteiger partial charge < -0.3 is 5.11 Å². The smallest absolute Gasteiger partial charge is 0.307 e. The Morgan fingerprint density at radius 1 is 1.45 bits per heavy atom. The molecule has 1 aliphatic rings. The first-order valence-corrected chi connectivity index (χ1v) is 7.75. The molecule has 2 rings (SSSR count). The van der Waals surface area contributed by atoms with E-state index in [1.165, 1.54) is 12.1 Å². The van der Waals surface area contributed by atoms with E-state index < -0.39 is 27.7 Å². The van der Waals surface area contributed by atoms with E-state index in [0.717, 1.165) is 10.4 Å². The van der Waals surface area contributed by atoms with E-state index in [1.54, 1.807) is 6.92 Å². The molecule has 1 fully saturated rings. The van der Waals surface area contributed by atoms with Crippen LogP contribution in [0.2, 0.25) is 0 Å². The molecule has 1 saturated heterocycles. The predicted octanol–water partition coefficient (Wildman–Crippen LogP) is 1.62. The van der Waals surface area contributed by atoms with Gasteiger partial charge in [0, 0.05) is 13.1 Å². The summed E-state index contributed by atoms with van der Waals surface area (Å²) in [7, 11) is -3.84. The predicted molar refractivity (Wildman–Crippen MR) is 70.3 cm³/mol. The molecule has 1 aromatic rings. The Balaban J connectivity index is 2.29. The Kier molecular flexibility index (Phi) is 4.10. The Morgan fingerprint density at radius 3 is 2.75 bits per heavy atom. The number of halogens is 1. The van der Waals surface area contributed by atoms with Gasteiger partial charge in [-0.05, 0) is 37.5 Å². The molecule has 0 amide bonds. The SMILES string of the molecule is Cc1ccc(S(=O)(=O)N2CCCC(C(=O)O)C2)cc1F. The van der Waals surface area contributed by atoms with Crippen LogP contribution in [-0.4, -0.2) is 36.9 Å². The zero-order valence-electron chi connectivity index (χ0n) is 11.0. The molecular formula is C13H16FNO4S. The second-order valence-electron chi connectivity index (χ2n) is 4.95. The van der Waals surface area contributed by atoms with Crippen molar-refractivity contribution in [2.45, 2.75) is 24.7 Å². The summed E-state index contributed by atoms with van der Waals surface area (Å²) in [4.78, 5) is 10.8. The average Bonchev–Trinajstić information content (AvgIpc) is 2.42. The summed E-state index contributed by atoms with van der Waals surface area (Å²) in [6.07, 6.45) is 0.953. The van der Waals surface area contributed by atoms with E-state index in [-0.39, 0.29) is 18.0 Å². The molecule has 1 heterocycles. The van der Waals surface area contributed by atoms with Crippen molar-refractivity contribution in [1.29, 1.82) is 0 Å². The van der Waals surface area contributed by atoms with Gasteiger partial charge >= 0.3 is 5.97 Å². The molecule has 1 aromatic carbocycles. The molecule has 1 aliphatic heterocycles. The maximum atomic E-state index is 13.5. The molecule has 0 radical (unpaired) electrons. The minimum absolute atomic E-state index is 0.0623. The van der Waals surface area contributed by atoms with Gasteiger partial charge in [-0.2, -0.15) is 4.31 Å². The molecule has 20 heavy (non-hydrogen) atoms. The van der Waals surface area contributed by atoms with E-state index in [0.29, 0.717) is 18.4 Å². The second-order valence-corrected chi connectivity index (χ2v) is 6.89. The van der Waals surface area contributed by atoms with Gasteiger partial charge in [-0.3, -0.25) is 4.79 Å². The summed E-state index contributed by atoms with van der Waals surface area (Å²) < 4.78 is 39.4. The van der Waals surface area contributed by atoms with Crippen LogP contribution in [0.3, 0.4) is 0 Å². The minimum Gasteiger partial charge on any atom is -0.481 e. The molecular weight excluding hydrogens is 285 g/mol. The normalized spacial score (nSPS) is 20.8. The molecule has 0 aromatic heterocycles. The van der Waals surface area contributed by atoms with Crippen LogP contribution in [0.4, 0.5) is 4.39 Å². The first-order chi connectivity index (χ1) is 9.32. The maximum absolute atomic E-state index is 13.5. The Hall–Kier alpha value is -1.47. The minimum atomic E-state index is -3.84. The molecule has 0 aliphatic carbocycles. The summed E-state index contributed by atoms with van der Waals surface area (Å²) in [6.45, 7) is 1.75. The number of aryl methyl sites for hydroxylation is 1. The van der Waals surface area contributed by atoms with E-state index >= 15 is 0 Å². The number of piperidine rings is 1. The Bertz CT molecular complexity index is 629. The van der Waals surface area contributed by atoms with E-state index in [1.807, 2.05) is 0 Å². The highest BCUT2D eigenvalue weighted by molar-refractivity contribution is 7.89. The van der Waals surface area contributed by atoms with Crippen molar-refractivity contribution in [3.05, 3.63) is 29.6 Å². The fourth-order valence-electron chi connectivity index (χ4n) is 2.25. The molecule has 0 saturated carbocycles. The number of rotatable bonds is 3. The molecule has 0 spiro atoms. The van der Waals surface area contributed by atoms with E-state index in [2.05, 4.69) is 0 Å². The summed E-state index contributed by atoms with van der Waals surface area (Å²) in [5, 5.41) is 8.99. The number of aliphatic carboxylic acids is 1. The van der Waals surface area contributed by atoms with Gasteiger partial charge in [-0.25, -0.2) is 12.8 Å². The van der Waals surface area contributed by atoms with Gasteiger partial charge in [0.1, 0.15) is 5.82 Å². The van der Waals surface area contributed by atoms with Crippen molar-refractivity contribution >= 4 is 16.0 Å². The number of carboxylic acid groups (broad SMARTS) is 1. The van der Waals surface area contributed by atoms with Gasteiger partial charge in [0.25, 0.3) is 0 Å². The number of sulfonamides is 1. The lowest BCUT2D eigenvalue weighted by Crippen LogP contribution is -2.42. The third-order valence-corrected chi connectivity index (χ3v) is 5.38. The molecule has 7 heteroatoms. The van der Waals surface area contributed by atoms with Gasteiger partial charge in [0.05, 0.1) is 10.8 Å². The molecule has 1 unspecified atom stereocenters. The number of nitrogens with zero attached hydrogens (tertiary/aromatic N) is 1. The lowest BCUT2D eigenvalue weighted by molar-refractivity contribution is -0.142. The zero-order chi connectivity index (χ0) is 14.9. The zero-order valence-corrected chi connectivity index (χ0v) is 11.9. The van der Waals surface area contributed by atoms with Crippen molar-refractivity contribution < 1.29 is 22.7 Å².